The molecule has 0 amide bonds. The molecule has 0 aliphatic rings. The molecule has 3 aromatic rings. The van der Waals surface area contributed by atoms with Crippen LogP contribution in [0.2, 0.25) is 4.34 Å². The molecule has 5 heteroatoms. The highest BCUT2D eigenvalue weighted by atomic mass is 35.5. The third-order valence-corrected chi connectivity index (χ3v) is 4.68. The molecule has 0 aliphatic carbocycles. The molecule has 0 aliphatic heterocycles. The molecule has 110 valence electrons. The molecule has 1 N–H and O–H groups in total. The number of thiophene rings is 1. The van der Waals surface area contributed by atoms with Gasteiger partial charge in [0.25, 0.3) is 0 Å². The zero-order valence-corrected chi connectivity index (χ0v) is 13.4. The number of hydrogen-bond donors (Lipinski definition) is 1. The fraction of sp³-hybridized carbons (Fsp3) is 0.250. The van der Waals surface area contributed by atoms with Gasteiger partial charge in [-0.25, -0.2) is 0 Å². The van der Waals surface area contributed by atoms with Crippen molar-refractivity contribution in [2.24, 2.45) is 0 Å². The third-order valence-electron chi connectivity index (χ3n) is 3.45. The van der Waals surface area contributed by atoms with Crippen LogP contribution in [0.25, 0.3) is 10.9 Å². The Morgan fingerprint density at radius 3 is 2.90 bits per heavy atom. The topological polar surface area (TPSA) is 26.2 Å². The van der Waals surface area contributed by atoms with Gasteiger partial charge in [0, 0.05) is 36.1 Å². The molecule has 3 rings (SSSR count). The summed E-state index contributed by atoms with van der Waals surface area (Å²) in [5, 5.41) is 4.60. The Bertz CT molecular complexity index is 735. The van der Waals surface area contributed by atoms with E-state index in [1.807, 2.05) is 18.2 Å². The van der Waals surface area contributed by atoms with Crippen LogP contribution < -0.4 is 10.1 Å². The number of nitrogens with one attached hydrogen (secondary N) is 1. The van der Waals surface area contributed by atoms with E-state index in [-0.39, 0.29) is 0 Å². The second-order valence-corrected chi connectivity index (χ2v) is 6.58. The minimum Gasteiger partial charge on any atom is -0.496 e. The lowest BCUT2D eigenvalue weighted by molar-refractivity contribution is 0.420. The average Bonchev–Trinajstić information content (AvgIpc) is 3.10. The highest BCUT2D eigenvalue weighted by molar-refractivity contribution is 7.16. The summed E-state index contributed by atoms with van der Waals surface area (Å²) in [6, 6.07) is 12.2. The highest BCUT2D eigenvalue weighted by Gasteiger charge is 2.05. The quantitative estimate of drug-likeness (QED) is 0.690. The second-order valence-electron chi connectivity index (χ2n) is 4.78. The van der Waals surface area contributed by atoms with Crippen molar-refractivity contribution in [2.45, 2.75) is 13.1 Å². The van der Waals surface area contributed by atoms with Gasteiger partial charge in [-0.3, -0.25) is 0 Å². The van der Waals surface area contributed by atoms with E-state index >= 15 is 0 Å². The number of rotatable bonds is 6. The first-order chi connectivity index (χ1) is 10.3. The van der Waals surface area contributed by atoms with Crippen LogP contribution in [0.3, 0.4) is 0 Å². The Labute approximate surface area is 133 Å². The van der Waals surface area contributed by atoms with Crippen LogP contribution >= 0.6 is 22.9 Å². The first-order valence-electron chi connectivity index (χ1n) is 6.85. The van der Waals surface area contributed by atoms with E-state index in [0.717, 1.165) is 35.1 Å². The number of methoxy groups -OCH3 is 1. The molecule has 3 nitrogen and oxygen atoms in total. The normalized spacial score (nSPS) is 11.1. The highest BCUT2D eigenvalue weighted by Crippen LogP contribution is 2.26. The van der Waals surface area contributed by atoms with Crippen molar-refractivity contribution in [3.63, 3.8) is 0 Å². The molecule has 0 saturated carbocycles. The van der Waals surface area contributed by atoms with Gasteiger partial charge in [-0.05, 0) is 30.3 Å². The summed E-state index contributed by atoms with van der Waals surface area (Å²) in [4.78, 5) is 1.26. The monoisotopic (exact) mass is 320 g/mol. The van der Waals surface area contributed by atoms with Crippen LogP contribution in [0.4, 0.5) is 0 Å². The lowest BCUT2D eigenvalue weighted by Crippen LogP contribution is -2.18. The minimum atomic E-state index is 0.843. The molecule has 2 aromatic heterocycles. The van der Waals surface area contributed by atoms with E-state index in [9.17, 15) is 0 Å². The summed E-state index contributed by atoms with van der Waals surface area (Å²) in [5.41, 5.74) is 1.20. The number of hydrogen-bond acceptors (Lipinski definition) is 3. The van der Waals surface area contributed by atoms with Crippen molar-refractivity contribution in [1.82, 2.24) is 9.88 Å². The van der Waals surface area contributed by atoms with Gasteiger partial charge < -0.3 is 14.6 Å². The van der Waals surface area contributed by atoms with Crippen LogP contribution in [0.15, 0.2) is 42.6 Å². The van der Waals surface area contributed by atoms with E-state index in [4.69, 9.17) is 16.3 Å². The van der Waals surface area contributed by atoms with Gasteiger partial charge in [0.1, 0.15) is 5.75 Å². The van der Waals surface area contributed by atoms with Gasteiger partial charge in [0.15, 0.2) is 0 Å². The summed E-state index contributed by atoms with van der Waals surface area (Å²) >= 11 is 7.55. The number of halogens is 1. The van der Waals surface area contributed by atoms with Crippen molar-refractivity contribution in [3.05, 3.63) is 51.8 Å². The smallest absolute Gasteiger partial charge is 0.128 e. The van der Waals surface area contributed by atoms with Gasteiger partial charge in [0.05, 0.1) is 17.0 Å². The van der Waals surface area contributed by atoms with Crippen molar-refractivity contribution in [1.29, 1.82) is 0 Å². The van der Waals surface area contributed by atoms with E-state index in [0.29, 0.717) is 0 Å². The zero-order valence-electron chi connectivity index (χ0n) is 11.8. The Balaban J connectivity index is 1.60. The molecule has 2 heterocycles. The Morgan fingerprint density at radius 1 is 1.24 bits per heavy atom. The molecule has 21 heavy (non-hydrogen) atoms. The molecular formula is C16H17ClN2OS. The molecule has 0 unspecified atom stereocenters. The van der Waals surface area contributed by atoms with Crippen molar-refractivity contribution in [3.8, 4) is 5.75 Å². The van der Waals surface area contributed by atoms with Crippen molar-refractivity contribution in [2.75, 3.05) is 13.7 Å². The van der Waals surface area contributed by atoms with Gasteiger partial charge in [-0.1, -0.05) is 17.7 Å². The largest absolute Gasteiger partial charge is 0.496 e. The predicted molar refractivity (Wildman–Crippen MR) is 89.5 cm³/mol. The second kappa shape index (κ2) is 6.52. The predicted octanol–water partition coefficient (Wildman–Crippen LogP) is 4.15. The molecular weight excluding hydrogens is 304 g/mol. The Morgan fingerprint density at radius 2 is 2.14 bits per heavy atom. The molecule has 0 bridgehead atoms. The number of nitrogens with zero attached hydrogens (tertiary/aromatic N) is 1. The standard InChI is InChI=1S/C16H17ClN2OS/c1-20-15-4-2-3-14-13(15)7-9-19(14)10-8-18-11-12-5-6-16(17)21-12/h2-7,9,18H,8,10-11H2,1H3. The fourth-order valence-corrected chi connectivity index (χ4v) is 3.48. The summed E-state index contributed by atoms with van der Waals surface area (Å²) in [6.07, 6.45) is 2.11. The molecule has 0 atom stereocenters. The number of aromatic nitrogens is 1. The Hall–Kier alpha value is -1.49. The summed E-state index contributed by atoms with van der Waals surface area (Å²) < 4.78 is 8.47. The Kier molecular flexibility index (Phi) is 4.48. The summed E-state index contributed by atoms with van der Waals surface area (Å²) in [6.45, 7) is 2.70. The first kappa shape index (κ1) is 14.4. The molecule has 0 fully saturated rings. The van der Waals surface area contributed by atoms with E-state index in [2.05, 4.69) is 34.3 Å². The average molecular weight is 321 g/mol. The maximum atomic E-state index is 5.92. The summed E-state index contributed by atoms with van der Waals surface area (Å²) in [7, 11) is 1.71. The van der Waals surface area contributed by atoms with Crippen molar-refractivity contribution >= 4 is 33.8 Å². The van der Waals surface area contributed by atoms with Gasteiger partial charge in [-0.2, -0.15) is 0 Å². The molecule has 0 radical (unpaired) electrons. The van der Waals surface area contributed by atoms with Crippen LogP contribution in [-0.4, -0.2) is 18.2 Å². The van der Waals surface area contributed by atoms with Crippen LogP contribution in [0.1, 0.15) is 4.88 Å². The maximum Gasteiger partial charge on any atom is 0.128 e. The minimum absolute atomic E-state index is 0.843. The first-order valence-corrected chi connectivity index (χ1v) is 8.04. The van der Waals surface area contributed by atoms with Gasteiger partial charge in [0.2, 0.25) is 0 Å². The maximum absolute atomic E-state index is 5.92. The molecule has 1 aromatic carbocycles. The SMILES string of the molecule is COc1cccc2c1ccn2CCNCc1ccc(Cl)s1. The lowest BCUT2D eigenvalue weighted by atomic mass is 10.2. The zero-order chi connectivity index (χ0) is 14.7. The van der Waals surface area contributed by atoms with Crippen LogP contribution in [-0.2, 0) is 13.1 Å². The van der Waals surface area contributed by atoms with Gasteiger partial charge in [-0.15, -0.1) is 11.3 Å². The number of ether oxygens (including phenoxy) is 1. The van der Waals surface area contributed by atoms with E-state index < -0.39 is 0 Å². The van der Waals surface area contributed by atoms with Crippen LogP contribution in [0, 0.1) is 0 Å². The fourth-order valence-electron chi connectivity index (χ4n) is 2.43. The lowest BCUT2D eigenvalue weighted by Gasteiger charge is -2.07. The van der Waals surface area contributed by atoms with Crippen LogP contribution in [0.5, 0.6) is 5.75 Å². The van der Waals surface area contributed by atoms with E-state index in [1.165, 1.54) is 10.4 Å². The third kappa shape index (κ3) is 3.23. The molecule has 0 saturated heterocycles. The van der Waals surface area contributed by atoms with E-state index in [1.54, 1.807) is 18.4 Å². The molecule has 0 spiro atoms. The number of fused-ring (bicyclic) bond motifs is 1. The van der Waals surface area contributed by atoms with Gasteiger partial charge >= 0.3 is 0 Å². The number of benzene rings is 1. The van der Waals surface area contributed by atoms with Crippen molar-refractivity contribution < 1.29 is 4.74 Å². The summed E-state index contributed by atoms with van der Waals surface area (Å²) in [5.74, 6) is 0.924.